The second kappa shape index (κ2) is 7.35. The number of thiazole rings is 1. The second-order valence-corrected chi connectivity index (χ2v) is 7.44. The maximum atomic E-state index is 12.2. The van der Waals surface area contributed by atoms with Crippen LogP contribution in [0.3, 0.4) is 0 Å². The van der Waals surface area contributed by atoms with Crippen LogP contribution in [-0.2, 0) is 22.6 Å². The third kappa shape index (κ3) is 4.07. The van der Waals surface area contributed by atoms with Crippen LogP contribution < -0.4 is 10.2 Å². The SMILES string of the molecule is Cc1cc(C)c(CNC(=O)Cc2csc(N3CCCC3=O)n2)c(C)c1. The highest BCUT2D eigenvalue weighted by atomic mass is 32.1. The first-order chi connectivity index (χ1) is 11.9. The van der Waals surface area contributed by atoms with Gasteiger partial charge < -0.3 is 5.32 Å². The number of hydrogen-bond acceptors (Lipinski definition) is 4. The summed E-state index contributed by atoms with van der Waals surface area (Å²) in [6, 6.07) is 4.27. The highest BCUT2D eigenvalue weighted by Crippen LogP contribution is 2.25. The monoisotopic (exact) mass is 357 g/mol. The van der Waals surface area contributed by atoms with Gasteiger partial charge >= 0.3 is 0 Å². The Labute approximate surface area is 152 Å². The zero-order chi connectivity index (χ0) is 18.0. The van der Waals surface area contributed by atoms with Gasteiger partial charge in [0.2, 0.25) is 11.8 Å². The van der Waals surface area contributed by atoms with E-state index in [2.05, 4.69) is 43.2 Å². The van der Waals surface area contributed by atoms with Crippen LogP contribution in [0.15, 0.2) is 17.5 Å². The summed E-state index contributed by atoms with van der Waals surface area (Å²) in [5, 5.41) is 5.55. The summed E-state index contributed by atoms with van der Waals surface area (Å²) in [7, 11) is 0. The molecule has 2 aromatic rings. The fourth-order valence-electron chi connectivity index (χ4n) is 3.25. The van der Waals surface area contributed by atoms with E-state index in [1.165, 1.54) is 33.6 Å². The predicted molar refractivity (Wildman–Crippen MR) is 99.9 cm³/mol. The number of nitrogens with zero attached hydrogens (tertiary/aromatic N) is 2. The van der Waals surface area contributed by atoms with Crippen LogP contribution in [0.5, 0.6) is 0 Å². The minimum absolute atomic E-state index is 0.0519. The summed E-state index contributed by atoms with van der Waals surface area (Å²) >= 11 is 1.43. The van der Waals surface area contributed by atoms with E-state index < -0.39 is 0 Å². The second-order valence-electron chi connectivity index (χ2n) is 6.60. The molecule has 0 radical (unpaired) electrons. The van der Waals surface area contributed by atoms with Crippen molar-refractivity contribution in [2.24, 2.45) is 0 Å². The van der Waals surface area contributed by atoms with E-state index in [-0.39, 0.29) is 18.2 Å². The molecule has 0 spiro atoms. The summed E-state index contributed by atoms with van der Waals surface area (Å²) < 4.78 is 0. The molecule has 3 rings (SSSR count). The fraction of sp³-hybridized carbons (Fsp3) is 0.421. The fourth-order valence-corrected chi connectivity index (χ4v) is 4.12. The average molecular weight is 357 g/mol. The van der Waals surface area contributed by atoms with Crippen LogP contribution in [0.2, 0.25) is 0 Å². The molecule has 6 heteroatoms. The molecule has 1 aromatic carbocycles. The molecule has 0 bridgehead atoms. The zero-order valence-corrected chi connectivity index (χ0v) is 15.7. The molecule has 1 fully saturated rings. The van der Waals surface area contributed by atoms with Crippen LogP contribution in [0.1, 0.15) is 40.8 Å². The molecule has 1 aliphatic rings. The van der Waals surface area contributed by atoms with E-state index in [1.54, 1.807) is 4.90 Å². The number of aromatic nitrogens is 1. The van der Waals surface area contributed by atoms with Crippen LogP contribution in [-0.4, -0.2) is 23.3 Å². The molecular weight excluding hydrogens is 334 g/mol. The maximum absolute atomic E-state index is 12.2. The van der Waals surface area contributed by atoms with Crippen LogP contribution in [0, 0.1) is 20.8 Å². The van der Waals surface area contributed by atoms with E-state index >= 15 is 0 Å². The number of amides is 2. The van der Waals surface area contributed by atoms with Gasteiger partial charge in [-0.2, -0.15) is 0 Å². The molecule has 0 saturated carbocycles. The van der Waals surface area contributed by atoms with Crippen molar-refractivity contribution < 1.29 is 9.59 Å². The third-order valence-corrected chi connectivity index (χ3v) is 5.40. The Morgan fingerprint density at radius 3 is 2.64 bits per heavy atom. The molecule has 2 amide bonds. The first-order valence-electron chi connectivity index (χ1n) is 8.52. The van der Waals surface area contributed by atoms with Crippen molar-refractivity contribution in [1.82, 2.24) is 10.3 Å². The Bertz CT molecular complexity index is 790. The average Bonchev–Trinajstić information content (AvgIpc) is 3.14. The Morgan fingerprint density at radius 2 is 2.00 bits per heavy atom. The topological polar surface area (TPSA) is 62.3 Å². The number of nitrogens with one attached hydrogen (secondary N) is 1. The zero-order valence-electron chi connectivity index (χ0n) is 14.9. The molecule has 1 saturated heterocycles. The molecule has 132 valence electrons. The first kappa shape index (κ1) is 17.6. The van der Waals surface area contributed by atoms with Gasteiger partial charge in [-0.25, -0.2) is 4.98 Å². The van der Waals surface area contributed by atoms with Gasteiger partial charge in [0.15, 0.2) is 5.13 Å². The summed E-state index contributed by atoms with van der Waals surface area (Å²) in [6.45, 7) is 7.47. The number of benzene rings is 1. The molecule has 0 atom stereocenters. The van der Waals surface area contributed by atoms with Gasteiger partial charge in [0.25, 0.3) is 0 Å². The minimum Gasteiger partial charge on any atom is -0.352 e. The summed E-state index contributed by atoms with van der Waals surface area (Å²) in [5.41, 5.74) is 5.51. The largest absolute Gasteiger partial charge is 0.352 e. The van der Waals surface area contributed by atoms with Crippen molar-refractivity contribution in [2.45, 2.75) is 46.6 Å². The normalized spacial score (nSPS) is 14.2. The van der Waals surface area contributed by atoms with E-state index in [4.69, 9.17) is 0 Å². The Kier molecular flexibility index (Phi) is 5.18. The molecule has 25 heavy (non-hydrogen) atoms. The van der Waals surface area contributed by atoms with E-state index in [0.29, 0.717) is 18.1 Å². The minimum atomic E-state index is -0.0519. The standard InChI is InChI=1S/C19H23N3O2S/c1-12-7-13(2)16(14(3)8-12)10-20-17(23)9-15-11-25-19(21-15)22-6-4-5-18(22)24/h7-8,11H,4-6,9-10H2,1-3H3,(H,20,23). The van der Waals surface area contributed by atoms with Crippen molar-refractivity contribution in [3.8, 4) is 0 Å². The van der Waals surface area contributed by atoms with Crippen molar-refractivity contribution >= 4 is 28.3 Å². The lowest BCUT2D eigenvalue weighted by molar-refractivity contribution is -0.120. The summed E-state index contributed by atoms with van der Waals surface area (Å²) in [5.74, 6) is 0.0691. The lowest BCUT2D eigenvalue weighted by Gasteiger charge is -2.12. The van der Waals surface area contributed by atoms with Gasteiger partial charge in [-0.3, -0.25) is 14.5 Å². The van der Waals surface area contributed by atoms with Gasteiger partial charge in [-0.1, -0.05) is 17.7 Å². The predicted octanol–water partition coefficient (Wildman–Crippen LogP) is 3.05. The quantitative estimate of drug-likeness (QED) is 0.895. The third-order valence-electron chi connectivity index (χ3n) is 4.49. The van der Waals surface area contributed by atoms with Crippen molar-refractivity contribution in [2.75, 3.05) is 11.4 Å². The Hall–Kier alpha value is -2.21. The highest BCUT2D eigenvalue weighted by molar-refractivity contribution is 7.14. The number of carbonyl (C=O) groups is 2. The lowest BCUT2D eigenvalue weighted by Crippen LogP contribution is -2.26. The Morgan fingerprint density at radius 1 is 1.28 bits per heavy atom. The van der Waals surface area contributed by atoms with Gasteiger partial charge in [0.05, 0.1) is 12.1 Å². The van der Waals surface area contributed by atoms with Crippen molar-refractivity contribution in [3.63, 3.8) is 0 Å². The number of rotatable bonds is 5. The number of anilines is 1. The lowest BCUT2D eigenvalue weighted by atomic mass is 10.00. The molecule has 0 aliphatic carbocycles. The van der Waals surface area contributed by atoms with Gasteiger partial charge in [-0.15, -0.1) is 11.3 Å². The van der Waals surface area contributed by atoms with Crippen LogP contribution in [0.25, 0.3) is 0 Å². The number of carbonyl (C=O) groups excluding carboxylic acids is 2. The van der Waals surface area contributed by atoms with Gasteiger partial charge in [0, 0.05) is 24.9 Å². The number of hydrogen-bond donors (Lipinski definition) is 1. The van der Waals surface area contributed by atoms with Crippen LogP contribution >= 0.6 is 11.3 Å². The summed E-state index contributed by atoms with van der Waals surface area (Å²) in [4.78, 5) is 30.2. The highest BCUT2D eigenvalue weighted by Gasteiger charge is 2.24. The van der Waals surface area contributed by atoms with E-state index in [0.717, 1.165) is 18.7 Å². The Balaban J connectivity index is 1.58. The maximum Gasteiger partial charge on any atom is 0.228 e. The molecular formula is C19H23N3O2S. The smallest absolute Gasteiger partial charge is 0.228 e. The molecule has 1 N–H and O–H groups in total. The first-order valence-corrected chi connectivity index (χ1v) is 9.40. The van der Waals surface area contributed by atoms with Crippen molar-refractivity contribution in [1.29, 1.82) is 0 Å². The molecule has 0 unspecified atom stereocenters. The van der Waals surface area contributed by atoms with Crippen molar-refractivity contribution in [3.05, 3.63) is 45.5 Å². The van der Waals surface area contributed by atoms with Gasteiger partial charge in [-0.05, 0) is 43.9 Å². The van der Waals surface area contributed by atoms with Crippen LogP contribution in [0.4, 0.5) is 5.13 Å². The van der Waals surface area contributed by atoms with E-state index in [1.807, 2.05) is 5.38 Å². The number of aryl methyl sites for hydroxylation is 3. The molecule has 5 nitrogen and oxygen atoms in total. The van der Waals surface area contributed by atoms with Gasteiger partial charge in [0.1, 0.15) is 0 Å². The molecule has 2 heterocycles. The molecule has 1 aromatic heterocycles. The molecule has 1 aliphatic heterocycles. The van der Waals surface area contributed by atoms with E-state index in [9.17, 15) is 9.59 Å². The summed E-state index contributed by atoms with van der Waals surface area (Å²) in [6.07, 6.45) is 1.70.